The number of carboxylic acid groups (broad SMARTS) is 1. The Morgan fingerprint density at radius 3 is 2.25 bits per heavy atom. The summed E-state index contributed by atoms with van der Waals surface area (Å²) in [6.07, 6.45) is -7.71. The summed E-state index contributed by atoms with van der Waals surface area (Å²) in [6.45, 7) is 6.59. The minimum absolute atomic E-state index is 0.0620. The minimum Gasteiger partial charge on any atom is -0.481 e. The topological polar surface area (TPSA) is 49.8 Å². The van der Waals surface area contributed by atoms with E-state index in [1.165, 1.54) is 24.1 Å². The number of carbonyl (C=O) groups is 1. The Hall–Kier alpha value is -2.59. The highest BCUT2D eigenvalue weighted by Crippen LogP contribution is 2.38. The molecule has 0 spiro atoms. The number of aliphatic carboxylic acids is 1. The lowest BCUT2D eigenvalue weighted by molar-refractivity contribution is -0.140. The van der Waals surface area contributed by atoms with Gasteiger partial charge in [0.15, 0.2) is 0 Å². The molecule has 0 aliphatic carbocycles. The summed E-state index contributed by atoms with van der Waals surface area (Å²) in [5.74, 6) is -0.450. The van der Waals surface area contributed by atoms with Crippen molar-refractivity contribution in [1.29, 1.82) is 0 Å². The van der Waals surface area contributed by atoms with Crippen LogP contribution in [0.4, 0.5) is 26.3 Å². The number of carboxylic acids is 1. The molecule has 0 aromatic heterocycles. The number of halogens is 6. The number of ether oxygens (including phenoxy) is 1. The van der Waals surface area contributed by atoms with Crippen LogP contribution in [0.25, 0.3) is 0 Å². The van der Waals surface area contributed by atoms with E-state index in [4.69, 9.17) is 9.84 Å². The second-order valence-electron chi connectivity index (χ2n) is 10.4. The fourth-order valence-corrected chi connectivity index (χ4v) is 4.58. The van der Waals surface area contributed by atoms with Crippen LogP contribution in [0.3, 0.4) is 0 Å². The molecule has 1 aliphatic heterocycles. The molecule has 1 unspecified atom stereocenters. The van der Waals surface area contributed by atoms with Gasteiger partial charge in [0.05, 0.1) is 12.2 Å². The third-order valence-corrected chi connectivity index (χ3v) is 7.02. The molecule has 0 saturated carbocycles. The van der Waals surface area contributed by atoms with Gasteiger partial charge in [0.2, 0.25) is 0 Å². The van der Waals surface area contributed by atoms with Crippen LogP contribution in [-0.2, 0) is 22.3 Å². The molecular formula is C30H39F6NO3. The van der Waals surface area contributed by atoms with E-state index >= 15 is 0 Å². The molecule has 0 radical (unpaired) electrons. The zero-order valence-electron chi connectivity index (χ0n) is 23.0. The third-order valence-electron chi connectivity index (χ3n) is 7.02. The van der Waals surface area contributed by atoms with Crippen molar-refractivity contribution in [1.82, 2.24) is 4.90 Å². The fraction of sp³-hybridized carbons (Fsp3) is 0.567. The Balaban J connectivity index is 0.000000360. The highest BCUT2D eigenvalue weighted by Gasteiger charge is 2.34. The number of alkyl halides is 6. The van der Waals surface area contributed by atoms with Gasteiger partial charge in [-0.15, -0.1) is 0 Å². The molecule has 3 atom stereocenters. The Labute approximate surface area is 232 Å². The highest BCUT2D eigenvalue weighted by atomic mass is 19.4. The molecule has 0 bridgehead atoms. The molecule has 2 aromatic carbocycles. The molecule has 4 nitrogen and oxygen atoms in total. The van der Waals surface area contributed by atoms with Gasteiger partial charge in [-0.3, -0.25) is 9.69 Å². The first-order chi connectivity index (χ1) is 18.8. The Morgan fingerprint density at radius 2 is 1.70 bits per heavy atom. The standard InChI is InChI=1S/C18H21F6NO2.C12H18O/c19-17(20,21)7-1-8-25-9-6-12(11-16(26)27)10-15(25)13-2-4-14(5-3-13)18(22,23)24;1-3-11(2)9-13-10-12-7-5-4-6-8-12/h2-5,12,15H,1,6-11H2,(H,26,27);4-8,11H,3,9-10H2,1-2H3/t12-,15+;/m1./s1. The van der Waals surface area contributed by atoms with E-state index in [1.54, 1.807) is 0 Å². The van der Waals surface area contributed by atoms with Crippen molar-refractivity contribution in [2.45, 2.75) is 77.4 Å². The largest absolute Gasteiger partial charge is 0.481 e. The molecule has 224 valence electrons. The van der Waals surface area contributed by atoms with Gasteiger partial charge >= 0.3 is 18.3 Å². The van der Waals surface area contributed by atoms with E-state index < -0.39 is 36.3 Å². The second-order valence-corrected chi connectivity index (χ2v) is 10.4. The van der Waals surface area contributed by atoms with E-state index in [9.17, 15) is 31.1 Å². The van der Waals surface area contributed by atoms with Crippen LogP contribution in [0.1, 0.15) is 75.1 Å². The monoisotopic (exact) mass is 575 g/mol. The SMILES string of the molecule is CCC(C)COCc1ccccc1.O=C(O)C[C@@H]1CCN(CCCC(F)(F)F)[C@H](c2ccc(C(F)(F)F)cc2)C1. The third kappa shape index (κ3) is 12.7. The second kappa shape index (κ2) is 16.0. The molecule has 10 heteroatoms. The summed E-state index contributed by atoms with van der Waals surface area (Å²) in [4.78, 5) is 12.8. The minimum atomic E-state index is -4.47. The van der Waals surface area contributed by atoms with Crippen molar-refractivity contribution < 1.29 is 41.0 Å². The first kappa shape index (κ1) is 33.6. The predicted molar refractivity (Wildman–Crippen MR) is 142 cm³/mol. The average Bonchev–Trinajstić information content (AvgIpc) is 2.89. The lowest BCUT2D eigenvalue weighted by atomic mass is 9.85. The summed E-state index contributed by atoms with van der Waals surface area (Å²) in [6, 6.07) is 14.5. The molecule has 0 amide bonds. The Bertz CT molecular complexity index is 995. The first-order valence-electron chi connectivity index (χ1n) is 13.6. The molecule has 3 rings (SSSR count). The maximum Gasteiger partial charge on any atom is 0.416 e. The van der Waals surface area contributed by atoms with Gasteiger partial charge in [0.25, 0.3) is 0 Å². The van der Waals surface area contributed by atoms with E-state index in [1.807, 2.05) is 23.1 Å². The van der Waals surface area contributed by atoms with E-state index in [0.717, 1.165) is 25.3 Å². The van der Waals surface area contributed by atoms with Crippen molar-refractivity contribution in [3.05, 3.63) is 71.3 Å². The van der Waals surface area contributed by atoms with Crippen LogP contribution in [0, 0.1) is 11.8 Å². The van der Waals surface area contributed by atoms with Crippen LogP contribution < -0.4 is 0 Å². The normalized spacial score (nSPS) is 19.0. The summed E-state index contributed by atoms with van der Waals surface area (Å²) < 4.78 is 81.0. The van der Waals surface area contributed by atoms with E-state index in [2.05, 4.69) is 26.0 Å². The summed E-state index contributed by atoms with van der Waals surface area (Å²) in [5, 5.41) is 8.98. The van der Waals surface area contributed by atoms with E-state index in [0.29, 0.717) is 30.9 Å². The number of piperidine rings is 1. The molecule has 1 saturated heterocycles. The zero-order valence-corrected chi connectivity index (χ0v) is 23.0. The molecule has 1 N–H and O–H groups in total. The van der Waals surface area contributed by atoms with Gasteiger partial charge in [0, 0.05) is 25.5 Å². The maximum absolute atomic E-state index is 12.7. The maximum atomic E-state index is 12.7. The average molecular weight is 576 g/mol. The van der Waals surface area contributed by atoms with Crippen LogP contribution in [0.5, 0.6) is 0 Å². The lowest BCUT2D eigenvalue weighted by Gasteiger charge is -2.39. The van der Waals surface area contributed by atoms with Gasteiger partial charge in [-0.2, -0.15) is 26.3 Å². The van der Waals surface area contributed by atoms with Gasteiger partial charge in [-0.25, -0.2) is 0 Å². The number of hydrogen-bond donors (Lipinski definition) is 1. The van der Waals surface area contributed by atoms with Crippen molar-refractivity contribution in [2.24, 2.45) is 11.8 Å². The van der Waals surface area contributed by atoms with Crippen LogP contribution in [0.15, 0.2) is 54.6 Å². The van der Waals surface area contributed by atoms with Crippen LogP contribution >= 0.6 is 0 Å². The van der Waals surface area contributed by atoms with Crippen LogP contribution in [0.2, 0.25) is 0 Å². The highest BCUT2D eigenvalue weighted by molar-refractivity contribution is 5.67. The predicted octanol–water partition coefficient (Wildman–Crippen LogP) is 8.53. The molecule has 2 aromatic rings. The van der Waals surface area contributed by atoms with Gasteiger partial charge in [-0.05, 0) is 67.4 Å². The Morgan fingerprint density at radius 1 is 1.05 bits per heavy atom. The smallest absolute Gasteiger partial charge is 0.416 e. The number of nitrogens with zero attached hydrogens (tertiary/aromatic N) is 1. The molecular weight excluding hydrogens is 536 g/mol. The zero-order chi connectivity index (χ0) is 29.8. The first-order valence-corrected chi connectivity index (χ1v) is 13.6. The van der Waals surface area contributed by atoms with Gasteiger partial charge in [-0.1, -0.05) is 62.7 Å². The van der Waals surface area contributed by atoms with E-state index in [-0.39, 0.29) is 25.3 Å². The van der Waals surface area contributed by atoms with Crippen molar-refractivity contribution in [3.63, 3.8) is 0 Å². The number of rotatable bonds is 11. The van der Waals surface area contributed by atoms with Crippen molar-refractivity contribution in [3.8, 4) is 0 Å². The Kier molecular flexibility index (Phi) is 13.4. The van der Waals surface area contributed by atoms with Gasteiger partial charge in [0.1, 0.15) is 0 Å². The molecule has 40 heavy (non-hydrogen) atoms. The number of hydrogen-bond acceptors (Lipinski definition) is 3. The molecule has 1 aliphatic rings. The van der Waals surface area contributed by atoms with Crippen LogP contribution in [-0.4, -0.2) is 41.8 Å². The summed E-state index contributed by atoms with van der Waals surface area (Å²) >= 11 is 0. The van der Waals surface area contributed by atoms with Gasteiger partial charge < -0.3 is 9.84 Å². The molecule has 1 fully saturated rings. The van der Waals surface area contributed by atoms with Crippen molar-refractivity contribution >= 4 is 5.97 Å². The summed E-state index contributed by atoms with van der Waals surface area (Å²) in [5.41, 5.74) is 1.02. The lowest BCUT2D eigenvalue weighted by Crippen LogP contribution is -2.38. The number of likely N-dealkylation sites (tertiary alicyclic amines) is 1. The molecule has 1 heterocycles. The fourth-order valence-electron chi connectivity index (χ4n) is 4.58. The summed E-state index contributed by atoms with van der Waals surface area (Å²) in [7, 11) is 0. The number of benzene rings is 2. The quantitative estimate of drug-likeness (QED) is 0.273. The van der Waals surface area contributed by atoms with Crippen molar-refractivity contribution in [2.75, 3.05) is 19.7 Å².